The quantitative estimate of drug-likeness (QED) is 0.675. The zero-order chi connectivity index (χ0) is 6.69. The number of anilines is 1. The summed E-state index contributed by atoms with van der Waals surface area (Å²) in [6.45, 7) is 2.06. The van der Waals surface area contributed by atoms with Gasteiger partial charge in [-0.25, -0.2) is 0 Å². The Morgan fingerprint density at radius 1 is 1.60 bits per heavy atom. The molecule has 0 radical (unpaired) electrons. The molecule has 0 bridgehead atoms. The lowest BCUT2D eigenvalue weighted by Crippen LogP contribution is -1.89. The Hall–Kier alpha value is -0.760. The van der Waals surface area contributed by atoms with Crippen LogP contribution in [-0.2, 0) is 6.42 Å². The van der Waals surface area contributed by atoms with Crippen LogP contribution in [0.15, 0.2) is 18.3 Å². The first kappa shape index (κ1) is 9.24. The Labute approximate surface area is 66.9 Å². The lowest BCUT2D eigenvalue weighted by Gasteiger charge is -1.94. The van der Waals surface area contributed by atoms with Crippen LogP contribution < -0.4 is 5.73 Å². The van der Waals surface area contributed by atoms with Crippen molar-refractivity contribution in [3.63, 3.8) is 0 Å². The molecule has 56 valence electrons. The van der Waals surface area contributed by atoms with Crippen molar-refractivity contribution >= 4 is 18.1 Å². The summed E-state index contributed by atoms with van der Waals surface area (Å²) >= 11 is 0. The van der Waals surface area contributed by atoms with E-state index in [9.17, 15) is 0 Å². The number of nitrogens with two attached hydrogens (primary N) is 1. The Morgan fingerprint density at radius 3 is 2.70 bits per heavy atom. The Morgan fingerprint density at radius 2 is 2.30 bits per heavy atom. The van der Waals surface area contributed by atoms with E-state index in [1.807, 2.05) is 6.07 Å². The molecule has 2 nitrogen and oxygen atoms in total. The first-order chi connectivity index (χ1) is 4.33. The van der Waals surface area contributed by atoms with Gasteiger partial charge in [0.15, 0.2) is 0 Å². The highest BCUT2D eigenvalue weighted by molar-refractivity contribution is 5.85. The van der Waals surface area contributed by atoms with Crippen LogP contribution in [0.4, 0.5) is 5.69 Å². The van der Waals surface area contributed by atoms with Crippen LogP contribution in [0.5, 0.6) is 0 Å². The maximum atomic E-state index is 5.49. The minimum atomic E-state index is 0. The normalized spacial score (nSPS) is 8.50. The zero-order valence-electron chi connectivity index (χ0n) is 5.87. The van der Waals surface area contributed by atoms with E-state index in [1.165, 1.54) is 0 Å². The van der Waals surface area contributed by atoms with Crippen LogP contribution in [0, 0.1) is 0 Å². The van der Waals surface area contributed by atoms with E-state index in [4.69, 9.17) is 5.73 Å². The van der Waals surface area contributed by atoms with E-state index in [2.05, 4.69) is 11.9 Å². The molecule has 0 aliphatic carbocycles. The summed E-state index contributed by atoms with van der Waals surface area (Å²) in [6, 6.07) is 3.68. The molecule has 0 saturated carbocycles. The average molecular weight is 159 g/mol. The fraction of sp³-hybridized carbons (Fsp3) is 0.286. The Bertz CT molecular complexity index is 201. The maximum Gasteiger partial charge on any atom is 0.0421 e. The van der Waals surface area contributed by atoms with Crippen LogP contribution in [0.1, 0.15) is 12.6 Å². The molecule has 3 heteroatoms. The van der Waals surface area contributed by atoms with Crippen LogP contribution in [-0.4, -0.2) is 4.98 Å². The van der Waals surface area contributed by atoms with E-state index in [0.29, 0.717) is 0 Å². The van der Waals surface area contributed by atoms with Crippen molar-refractivity contribution in [2.75, 3.05) is 5.73 Å². The van der Waals surface area contributed by atoms with Crippen molar-refractivity contribution in [2.45, 2.75) is 13.3 Å². The third-order valence-electron chi connectivity index (χ3n) is 1.20. The molecule has 0 atom stereocenters. The molecule has 0 saturated heterocycles. The summed E-state index contributed by atoms with van der Waals surface area (Å²) in [6.07, 6.45) is 2.68. The Balaban J connectivity index is 0.000000810. The number of hydrogen-bond acceptors (Lipinski definition) is 2. The third kappa shape index (κ3) is 2.23. The van der Waals surface area contributed by atoms with Gasteiger partial charge in [0.2, 0.25) is 0 Å². The molecule has 1 rings (SSSR count). The van der Waals surface area contributed by atoms with E-state index >= 15 is 0 Å². The number of pyridine rings is 1. The number of nitrogens with zero attached hydrogens (tertiary/aromatic N) is 1. The first-order valence-corrected chi connectivity index (χ1v) is 3.03. The van der Waals surface area contributed by atoms with Gasteiger partial charge in [0.1, 0.15) is 0 Å². The third-order valence-corrected chi connectivity index (χ3v) is 1.20. The summed E-state index contributed by atoms with van der Waals surface area (Å²) in [5.74, 6) is 0. The molecule has 1 aromatic rings. The highest BCUT2D eigenvalue weighted by Crippen LogP contribution is 2.02. The van der Waals surface area contributed by atoms with Gasteiger partial charge < -0.3 is 5.73 Å². The molecule has 0 amide bonds. The lowest BCUT2D eigenvalue weighted by atomic mass is 10.3. The van der Waals surface area contributed by atoms with Gasteiger partial charge >= 0.3 is 0 Å². The number of hydrogen-bond donors (Lipinski definition) is 1. The number of halogens is 1. The molecule has 0 aliphatic heterocycles. The predicted molar refractivity (Wildman–Crippen MR) is 45.3 cm³/mol. The molecule has 2 N–H and O–H groups in total. The van der Waals surface area contributed by atoms with Crippen molar-refractivity contribution in [3.05, 3.63) is 24.0 Å². The van der Waals surface area contributed by atoms with Gasteiger partial charge in [0, 0.05) is 17.6 Å². The van der Waals surface area contributed by atoms with Gasteiger partial charge in [-0.3, -0.25) is 4.98 Å². The first-order valence-electron chi connectivity index (χ1n) is 3.03. The van der Waals surface area contributed by atoms with Gasteiger partial charge in [-0.1, -0.05) is 6.92 Å². The average Bonchev–Trinajstić information content (AvgIpc) is 1.88. The van der Waals surface area contributed by atoms with Gasteiger partial charge in [0.25, 0.3) is 0 Å². The standard InChI is InChI=1S/C7H10N2.ClH/c1-2-7-5-6(8)3-4-9-7;/h3-5H,2H2,1H3,(H2,8,9);1H. The number of aromatic nitrogens is 1. The molecular formula is C7H11ClN2. The largest absolute Gasteiger partial charge is 0.399 e. The van der Waals surface area contributed by atoms with Gasteiger partial charge in [-0.15, -0.1) is 12.4 Å². The summed E-state index contributed by atoms with van der Waals surface area (Å²) < 4.78 is 0. The fourth-order valence-electron chi connectivity index (χ4n) is 0.690. The highest BCUT2D eigenvalue weighted by atomic mass is 35.5. The van der Waals surface area contributed by atoms with Crippen molar-refractivity contribution in [3.8, 4) is 0 Å². The van der Waals surface area contributed by atoms with Gasteiger partial charge in [-0.05, 0) is 18.6 Å². The SMILES string of the molecule is CCc1cc(N)ccn1.Cl. The van der Waals surface area contributed by atoms with Crippen molar-refractivity contribution in [2.24, 2.45) is 0 Å². The molecular weight excluding hydrogens is 148 g/mol. The summed E-state index contributed by atoms with van der Waals surface area (Å²) in [4.78, 5) is 4.08. The van der Waals surface area contributed by atoms with E-state index in [1.54, 1.807) is 12.3 Å². The van der Waals surface area contributed by atoms with Crippen LogP contribution >= 0.6 is 12.4 Å². The highest BCUT2D eigenvalue weighted by Gasteiger charge is 1.87. The second-order valence-corrected chi connectivity index (χ2v) is 1.93. The van der Waals surface area contributed by atoms with Gasteiger partial charge in [0.05, 0.1) is 0 Å². The van der Waals surface area contributed by atoms with Crippen molar-refractivity contribution < 1.29 is 0 Å². The van der Waals surface area contributed by atoms with E-state index in [0.717, 1.165) is 17.8 Å². The maximum absolute atomic E-state index is 5.49. The van der Waals surface area contributed by atoms with Crippen LogP contribution in [0.2, 0.25) is 0 Å². The molecule has 0 spiro atoms. The van der Waals surface area contributed by atoms with Crippen LogP contribution in [0.25, 0.3) is 0 Å². The molecule has 0 aliphatic rings. The summed E-state index contributed by atoms with van der Waals surface area (Å²) in [5.41, 5.74) is 7.34. The Kier molecular flexibility index (Phi) is 3.81. The van der Waals surface area contributed by atoms with Crippen molar-refractivity contribution in [1.82, 2.24) is 4.98 Å². The van der Waals surface area contributed by atoms with E-state index in [-0.39, 0.29) is 12.4 Å². The molecule has 1 aromatic heterocycles. The zero-order valence-corrected chi connectivity index (χ0v) is 6.69. The minimum Gasteiger partial charge on any atom is -0.399 e. The minimum absolute atomic E-state index is 0. The number of rotatable bonds is 1. The molecule has 0 aromatic carbocycles. The predicted octanol–water partition coefficient (Wildman–Crippen LogP) is 1.65. The van der Waals surface area contributed by atoms with Crippen molar-refractivity contribution in [1.29, 1.82) is 0 Å². The topological polar surface area (TPSA) is 38.9 Å². The second-order valence-electron chi connectivity index (χ2n) is 1.93. The second kappa shape index (κ2) is 4.12. The monoisotopic (exact) mass is 158 g/mol. The lowest BCUT2D eigenvalue weighted by molar-refractivity contribution is 1.04. The molecule has 0 unspecified atom stereocenters. The van der Waals surface area contributed by atoms with Crippen LogP contribution in [0.3, 0.4) is 0 Å². The van der Waals surface area contributed by atoms with Gasteiger partial charge in [-0.2, -0.15) is 0 Å². The fourth-order valence-corrected chi connectivity index (χ4v) is 0.690. The summed E-state index contributed by atoms with van der Waals surface area (Å²) in [7, 11) is 0. The molecule has 10 heavy (non-hydrogen) atoms. The van der Waals surface area contributed by atoms with E-state index < -0.39 is 0 Å². The molecule has 1 heterocycles. The molecule has 0 fully saturated rings. The summed E-state index contributed by atoms with van der Waals surface area (Å²) in [5, 5.41) is 0. The number of nitrogen functional groups attached to an aromatic ring is 1. The smallest absolute Gasteiger partial charge is 0.0421 e. The number of aryl methyl sites for hydroxylation is 1.